The number of hydrogen-bond donors (Lipinski definition) is 0. The monoisotopic (exact) mass is 370 g/mol. The summed E-state index contributed by atoms with van der Waals surface area (Å²) in [5, 5.41) is 4.80. The number of fused-ring (bicyclic) bond motifs is 1. The molecule has 0 radical (unpaired) electrons. The third-order valence-corrected chi connectivity index (χ3v) is 4.67. The van der Waals surface area contributed by atoms with Gasteiger partial charge in [0, 0.05) is 17.3 Å². The average molecular weight is 370 g/mol. The van der Waals surface area contributed by atoms with Crippen molar-refractivity contribution in [3.63, 3.8) is 0 Å². The van der Waals surface area contributed by atoms with E-state index in [4.69, 9.17) is 0 Å². The van der Waals surface area contributed by atoms with Gasteiger partial charge in [-0.05, 0) is 35.9 Å². The van der Waals surface area contributed by atoms with Crippen molar-refractivity contribution in [2.75, 3.05) is 0 Å². The van der Waals surface area contributed by atoms with Crippen LogP contribution in [-0.2, 0) is 6.54 Å². The van der Waals surface area contributed by atoms with Crippen LogP contribution in [0.1, 0.15) is 5.56 Å². The molecule has 130 valence electrons. The van der Waals surface area contributed by atoms with Crippen LogP contribution in [0.15, 0.2) is 75.6 Å². The molecular weight excluding hydrogens is 358 g/mol. The third kappa shape index (κ3) is 3.23. The van der Waals surface area contributed by atoms with Crippen LogP contribution in [0.2, 0.25) is 0 Å². The molecule has 0 bridgehead atoms. The summed E-state index contributed by atoms with van der Waals surface area (Å²) in [4.78, 5) is 17.5. The van der Waals surface area contributed by atoms with Gasteiger partial charge < -0.3 is 0 Å². The summed E-state index contributed by atoms with van der Waals surface area (Å²) >= 11 is 1.22. The zero-order valence-corrected chi connectivity index (χ0v) is 14.2. The minimum atomic E-state index is -0.372. The molecule has 26 heavy (non-hydrogen) atoms. The van der Waals surface area contributed by atoms with E-state index in [1.807, 2.05) is 0 Å². The van der Waals surface area contributed by atoms with E-state index in [1.54, 1.807) is 24.3 Å². The summed E-state index contributed by atoms with van der Waals surface area (Å²) in [7, 11) is 0. The molecule has 2 heterocycles. The molecule has 2 aromatic carbocycles. The number of benzene rings is 2. The molecule has 4 rings (SSSR count). The average Bonchev–Trinajstić information content (AvgIpc) is 2.92. The summed E-state index contributed by atoms with van der Waals surface area (Å²) in [6.07, 6.45) is 3.01. The molecule has 0 aliphatic rings. The highest BCUT2D eigenvalue weighted by Gasteiger charge is 2.13. The Bertz CT molecular complexity index is 1160. The van der Waals surface area contributed by atoms with E-state index in [1.165, 1.54) is 57.5 Å². The lowest BCUT2D eigenvalue weighted by Gasteiger charge is -2.01. The van der Waals surface area contributed by atoms with Crippen LogP contribution < -0.4 is 5.69 Å². The zero-order chi connectivity index (χ0) is 18.1. The van der Waals surface area contributed by atoms with Crippen LogP contribution in [0.3, 0.4) is 0 Å². The predicted octanol–water partition coefficient (Wildman–Crippen LogP) is 3.37. The first kappa shape index (κ1) is 16.5. The second-order valence-corrected chi connectivity index (χ2v) is 6.62. The van der Waals surface area contributed by atoms with Crippen LogP contribution in [0.25, 0.3) is 5.65 Å². The maximum atomic E-state index is 13.4. The van der Waals surface area contributed by atoms with Gasteiger partial charge in [-0.1, -0.05) is 30.0 Å². The number of rotatable bonds is 4. The molecule has 8 heteroatoms. The fourth-order valence-electron chi connectivity index (χ4n) is 2.55. The van der Waals surface area contributed by atoms with Gasteiger partial charge in [0.05, 0.1) is 6.54 Å². The SMILES string of the molecule is O=c1n(Cc2cccc(F)c2)nc2c(Sc3cccc(F)c3)nccn12. The number of nitrogens with zero attached hydrogens (tertiary/aromatic N) is 4. The molecule has 0 spiro atoms. The third-order valence-electron chi connectivity index (χ3n) is 3.70. The minimum Gasteiger partial charge on any atom is -0.246 e. The van der Waals surface area contributed by atoms with Gasteiger partial charge in [-0.25, -0.2) is 27.6 Å². The Morgan fingerprint density at radius 2 is 1.81 bits per heavy atom. The minimum absolute atomic E-state index is 0.141. The Kier molecular flexibility index (Phi) is 4.26. The standard InChI is InChI=1S/C18H12F2N4OS/c19-13-4-1-3-12(9-13)11-24-18(25)23-8-7-21-17(16(23)22-24)26-15-6-2-5-14(20)10-15/h1-10H,11H2. The smallest absolute Gasteiger partial charge is 0.246 e. The first-order valence-electron chi connectivity index (χ1n) is 7.72. The van der Waals surface area contributed by atoms with E-state index >= 15 is 0 Å². The maximum Gasteiger partial charge on any atom is 0.350 e. The molecule has 0 saturated heterocycles. The largest absolute Gasteiger partial charge is 0.350 e. The highest BCUT2D eigenvalue weighted by molar-refractivity contribution is 7.99. The molecule has 0 aliphatic heterocycles. The summed E-state index contributed by atoms with van der Waals surface area (Å²) in [6.45, 7) is 0.141. The van der Waals surface area contributed by atoms with Gasteiger partial charge in [-0.3, -0.25) is 0 Å². The Morgan fingerprint density at radius 3 is 2.58 bits per heavy atom. The van der Waals surface area contributed by atoms with Gasteiger partial charge in [-0.2, -0.15) is 0 Å². The summed E-state index contributed by atoms with van der Waals surface area (Å²) < 4.78 is 29.4. The molecular formula is C18H12F2N4OS. The van der Waals surface area contributed by atoms with Crippen LogP contribution in [0, 0.1) is 11.6 Å². The molecule has 2 aromatic heterocycles. The summed E-state index contributed by atoms with van der Waals surface area (Å²) in [6, 6.07) is 12.1. The molecule has 0 saturated carbocycles. The first-order chi connectivity index (χ1) is 12.6. The van der Waals surface area contributed by atoms with Crippen molar-refractivity contribution in [2.24, 2.45) is 0 Å². The van der Waals surface area contributed by atoms with Crippen LogP contribution in [0.4, 0.5) is 8.78 Å². The van der Waals surface area contributed by atoms with Crippen LogP contribution >= 0.6 is 11.8 Å². The van der Waals surface area contributed by atoms with Gasteiger partial charge in [0.15, 0.2) is 5.65 Å². The van der Waals surface area contributed by atoms with Crippen molar-refractivity contribution in [3.8, 4) is 0 Å². The van der Waals surface area contributed by atoms with E-state index in [9.17, 15) is 13.6 Å². The van der Waals surface area contributed by atoms with Gasteiger partial charge in [0.2, 0.25) is 0 Å². The predicted molar refractivity (Wildman–Crippen MR) is 93.3 cm³/mol. The normalized spacial score (nSPS) is 11.2. The molecule has 0 fully saturated rings. The number of halogens is 2. The van der Waals surface area contributed by atoms with Crippen LogP contribution in [0.5, 0.6) is 0 Å². The Balaban J connectivity index is 1.73. The maximum absolute atomic E-state index is 13.4. The quantitative estimate of drug-likeness (QED) is 0.553. The van der Waals surface area contributed by atoms with Gasteiger partial charge >= 0.3 is 5.69 Å². The molecule has 5 nitrogen and oxygen atoms in total. The molecule has 0 aliphatic carbocycles. The Morgan fingerprint density at radius 1 is 1.04 bits per heavy atom. The highest BCUT2D eigenvalue weighted by Crippen LogP contribution is 2.28. The van der Waals surface area contributed by atoms with E-state index in [0.29, 0.717) is 21.1 Å². The van der Waals surface area contributed by atoms with Crippen molar-refractivity contribution >= 4 is 17.4 Å². The fraction of sp³-hybridized carbons (Fsp3) is 0.0556. The lowest BCUT2D eigenvalue weighted by molar-refractivity contribution is 0.615. The topological polar surface area (TPSA) is 52.2 Å². The number of aromatic nitrogens is 4. The Hall–Kier alpha value is -3.00. The fourth-order valence-corrected chi connectivity index (χ4v) is 3.44. The summed E-state index contributed by atoms with van der Waals surface area (Å²) in [5.41, 5.74) is 0.638. The van der Waals surface area contributed by atoms with Crippen molar-refractivity contribution in [3.05, 3.63) is 88.6 Å². The van der Waals surface area contributed by atoms with E-state index in [-0.39, 0.29) is 23.9 Å². The molecule has 0 unspecified atom stereocenters. The second kappa shape index (κ2) is 6.72. The van der Waals surface area contributed by atoms with Gasteiger partial charge in [0.1, 0.15) is 16.7 Å². The van der Waals surface area contributed by atoms with Gasteiger partial charge in [0.25, 0.3) is 0 Å². The van der Waals surface area contributed by atoms with E-state index in [2.05, 4.69) is 10.1 Å². The lowest BCUT2D eigenvalue weighted by Crippen LogP contribution is -2.21. The highest BCUT2D eigenvalue weighted by atomic mass is 32.2. The van der Waals surface area contributed by atoms with Gasteiger partial charge in [-0.15, -0.1) is 5.10 Å². The molecule has 4 aromatic rings. The van der Waals surface area contributed by atoms with Crippen molar-refractivity contribution in [1.29, 1.82) is 0 Å². The van der Waals surface area contributed by atoms with Crippen molar-refractivity contribution in [1.82, 2.24) is 19.2 Å². The van der Waals surface area contributed by atoms with Crippen molar-refractivity contribution < 1.29 is 8.78 Å². The second-order valence-electron chi connectivity index (χ2n) is 5.56. The van der Waals surface area contributed by atoms with Crippen LogP contribution in [-0.4, -0.2) is 19.2 Å². The van der Waals surface area contributed by atoms with E-state index in [0.717, 1.165) is 0 Å². The first-order valence-corrected chi connectivity index (χ1v) is 8.54. The molecule has 0 amide bonds. The number of hydrogen-bond acceptors (Lipinski definition) is 4. The molecule has 0 N–H and O–H groups in total. The molecule has 0 atom stereocenters. The zero-order valence-electron chi connectivity index (χ0n) is 13.3. The van der Waals surface area contributed by atoms with E-state index < -0.39 is 0 Å². The lowest BCUT2D eigenvalue weighted by atomic mass is 10.2. The Labute approximate surface area is 150 Å². The van der Waals surface area contributed by atoms with Crippen molar-refractivity contribution in [2.45, 2.75) is 16.5 Å². The summed E-state index contributed by atoms with van der Waals surface area (Å²) in [5.74, 6) is -0.723.